The molecule has 0 heterocycles. The van der Waals surface area contributed by atoms with E-state index in [-0.39, 0.29) is 12.5 Å². The van der Waals surface area contributed by atoms with E-state index in [9.17, 15) is 4.79 Å². The van der Waals surface area contributed by atoms with Crippen molar-refractivity contribution in [3.8, 4) is 0 Å². The van der Waals surface area contributed by atoms with E-state index in [1.54, 1.807) is 13.1 Å². The highest BCUT2D eigenvalue weighted by atomic mass is 16.7. The Hall–Kier alpha value is -1.59. The van der Waals surface area contributed by atoms with Crippen LogP contribution < -0.4 is 11.1 Å². The summed E-state index contributed by atoms with van der Waals surface area (Å²) in [5, 5.41) is 4.15. The Kier molecular flexibility index (Phi) is 4.28. The van der Waals surface area contributed by atoms with E-state index < -0.39 is 0 Å². The van der Waals surface area contributed by atoms with Crippen LogP contribution in [-0.4, -0.2) is 31.7 Å². The van der Waals surface area contributed by atoms with Crippen LogP contribution in [0.2, 0.25) is 0 Å². The summed E-state index contributed by atoms with van der Waals surface area (Å²) in [4.78, 5) is 16.4. The SMILES string of the molecule is CON(C)CC(=O)Nc1ccc(C)cc1N. The summed E-state index contributed by atoms with van der Waals surface area (Å²) in [5.41, 5.74) is 8.02. The van der Waals surface area contributed by atoms with Gasteiger partial charge in [0, 0.05) is 7.05 Å². The van der Waals surface area contributed by atoms with Gasteiger partial charge in [-0.1, -0.05) is 6.07 Å². The molecule has 0 aliphatic carbocycles. The van der Waals surface area contributed by atoms with Crippen molar-refractivity contribution in [1.29, 1.82) is 0 Å². The molecule has 5 heteroatoms. The number of nitrogens with one attached hydrogen (secondary N) is 1. The van der Waals surface area contributed by atoms with E-state index in [0.717, 1.165) is 5.56 Å². The van der Waals surface area contributed by atoms with E-state index in [0.29, 0.717) is 11.4 Å². The molecular weight excluding hydrogens is 206 g/mol. The highest BCUT2D eigenvalue weighted by Crippen LogP contribution is 2.19. The van der Waals surface area contributed by atoms with Crippen LogP contribution in [-0.2, 0) is 9.63 Å². The Morgan fingerprint density at radius 1 is 1.56 bits per heavy atom. The number of hydrogen-bond donors (Lipinski definition) is 2. The van der Waals surface area contributed by atoms with Crippen molar-refractivity contribution in [3.05, 3.63) is 23.8 Å². The predicted octanol–water partition coefficient (Wildman–Crippen LogP) is 1.01. The van der Waals surface area contributed by atoms with E-state index in [1.165, 1.54) is 12.2 Å². The predicted molar refractivity (Wildman–Crippen MR) is 63.9 cm³/mol. The Morgan fingerprint density at radius 2 is 2.25 bits per heavy atom. The van der Waals surface area contributed by atoms with Crippen molar-refractivity contribution in [2.45, 2.75) is 6.92 Å². The molecule has 1 rings (SSSR count). The second-order valence-corrected chi connectivity index (χ2v) is 3.61. The minimum absolute atomic E-state index is 0.157. The van der Waals surface area contributed by atoms with Crippen molar-refractivity contribution in [1.82, 2.24) is 5.06 Å². The lowest BCUT2D eigenvalue weighted by molar-refractivity contribution is -0.137. The van der Waals surface area contributed by atoms with Gasteiger partial charge in [0.1, 0.15) is 6.54 Å². The zero-order valence-corrected chi connectivity index (χ0v) is 9.78. The molecule has 1 aromatic rings. The summed E-state index contributed by atoms with van der Waals surface area (Å²) in [6.45, 7) is 2.10. The number of amides is 1. The molecule has 0 unspecified atom stereocenters. The topological polar surface area (TPSA) is 67.6 Å². The number of rotatable bonds is 4. The van der Waals surface area contributed by atoms with Crippen LogP contribution in [0.1, 0.15) is 5.56 Å². The number of hydrogen-bond acceptors (Lipinski definition) is 4. The average molecular weight is 223 g/mol. The fourth-order valence-corrected chi connectivity index (χ4v) is 1.25. The molecule has 0 radical (unpaired) electrons. The highest BCUT2D eigenvalue weighted by Gasteiger charge is 2.07. The molecule has 0 bridgehead atoms. The van der Waals surface area contributed by atoms with Crippen LogP contribution in [0.4, 0.5) is 11.4 Å². The standard InChI is InChI=1S/C11H17N3O2/c1-8-4-5-10(9(12)6-8)13-11(15)7-14(2)16-3/h4-6H,7,12H2,1-3H3,(H,13,15). The second kappa shape index (κ2) is 5.48. The fraction of sp³-hybridized carbons (Fsp3) is 0.364. The minimum Gasteiger partial charge on any atom is -0.397 e. The fourth-order valence-electron chi connectivity index (χ4n) is 1.25. The van der Waals surface area contributed by atoms with E-state index in [1.807, 2.05) is 19.1 Å². The summed E-state index contributed by atoms with van der Waals surface area (Å²) >= 11 is 0. The zero-order valence-electron chi connectivity index (χ0n) is 9.78. The van der Waals surface area contributed by atoms with Gasteiger partial charge in [-0.15, -0.1) is 0 Å². The number of likely N-dealkylation sites (N-methyl/N-ethyl adjacent to an activating group) is 1. The van der Waals surface area contributed by atoms with Crippen LogP contribution >= 0.6 is 0 Å². The van der Waals surface area contributed by atoms with Crippen molar-refractivity contribution >= 4 is 17.3 Å². The second-order valence-electron chi connectivity index (χ2n) is 3.61. The summed E-state index contributed by atoms with van der Waals surface area (Å²) in [6.07, 6.45) is 0. The first-order valence-electron chi connectivity index (χ1n) is 4.94. The molecule has 16 heavy (non-hydrogen) atoms. The van der Waals surface area contributed by atoms with Gasteiger partial charge in [0.05, 0.1) is 18.5 Å². The van der Waals surface area contributed by atoms with Gasteiger partial charge in [0.15, 0.2) is 0 Å². The first-order chi connectivity index (χ1) is 7.52. The highest BCUT2D eigenvalue weighted by molar-refractivity contribution is 5.95. The minimum atomic E-state index is -0.167. The molecule has 0 saturated heterocycles. The number of nitrogens with two attached hydrogens (primary N) is 1. The molecule has 1 amide bonds. The lowest BCUT2D eigenvalue weighted by Gasteiger charge is -2.14. The maximum atomic E-state index is 11.5. The summed E-state index contributed by atoms with van der Waals surface area (Å²) in [6, 6.07) is 5.50. The Balaban J connectivity index is 2.63. The van der Waals surface area contributed by atoms with Gasteiger partial charge in [0.2, 0.25) is 5.91 Å². The number of carbonyl (C=O) groups excluding carboxylic acids is 1. The molecule has 88 valence electrons. The van der Waals surface area contributed by atoms with Gasteiger partial charge in [-0.25, -0.2) is 0 Å². The molecular formula is C11H17N3O2. The molecule has 0 spiro atoms. The van der Waals surface area contributed by atoms with Gasteiger partial charge in [-0.05, 0) is 24.6 Å². The van der Waals surface area contributed by atoms with Gasteiger partial charge >= 0.3 is 0 Å². The Bertz CT molecular complexity index is 379. The quantitative estimate of drug-likeness (QED) is 0.590. The lowest BCUT2D eigenvalue weighted by Crippen LogP contribution is -2.29. The third-order valence-electron chi connectivity index (χ3n) is 2.16. The average Bonchev–Trinajstić information content (AvgIpc) is 2.22. The molecule has 0 saturated carbocycles. The van der Waals surface area contributed by atoms with Gasteiger partial charge in [-0.3, -0.25) is 4.79 Å². The van der Waals surface area contributed by atoms with Crippen LogP contribution in [0.25, 0.3) is 0 Å². The number of aryl methyl sites for hydroxylation is 1. The maximum Gasteiger partial charge on any atom is 0.241 e. The monoisotopic (exact) mass is 223 g/mol. The molecule has 0 aliphatic heterocycles. The first kappa shape index (κ1) is 12.5. The van der Waals surface area contributed by atoms with Crippen molar-refractivity contribution in [2.24, 2.45) is 0 Å². The number of carbonyl (C=O) groups is 1. The van der Waals surface area contributed by atoms with Crippen molar-refractivity contribution in [3.63, 3.8) is 0 Å². The van der Waals surface area contributed by atoms with Crippen LogP contribution in [0, 0.1) is 6.92 Å². The number of anilines is 2. The lowest BCUT2D eigenvalue weighted by atomic mass is 10.2. The van der Waals surface area contributed by atoms with Gasteiger partial charge in [0.25, 0.3) is 0 Å². The number of nitrogens with zero attached hydrogens (tertiary/aromatic N) is 1. The summed E-state index contributed by atoms with van der Waals surface area (Å²) in [7, 11) is 3.19. The molecule has 1 aromatic carbocycles. The van der Waals surface area contributed by atoms with Crippen molar-refractivity contribution < 1.29 is 9.63 Å². The summed E-state index contributed by atoms with van der Waals surface area (Å²) in [5.74, 6) is -0.167. The Labute approximate surface area is 95.1 Å². The Morgan fingerprint density at radius 3 is 2.81 bits per heavy atom. The summed E-state index contributed by atoms with van der Waals surface area (Å²) < 4.78 is 0. The van der Waals surface area contributed by atoms with Gasteiger partial charge in [-0.2, -0.15) is 5.06 Å². The van der Waals surface area contributed by atoms with Gasteiger partial charge < -0.3 is 15.9 Å². The zero-order chi connectivity index (χ0) is 12.1. The largest absolute Gasteiger partial charge is 0.397 e. The third kappa shape index (κ3) is 3.52. The first-order valence-corrected chi connectivity index (χ1v) is 4.94. The number of benzene rings is 1. The molecule has 0 atom stereocenters. The molecule has 3 N–H and O–H groups in total. The van der Waals surface area contributed by atoms with Crippen LogP contribution in [0.15, 0.2) is 18.2 Å². The normalized spacial score (nSPS) is 10.5. The third-order valence-corrected chi connectivity index (χ3v) is 2.16. The smallest absolute Gasteiger partial charge is 0.241 e. The number of hydroxylamine groups is 2. The number of nitrogen functional groups attached to an aromatic ring is 1. The van der Waals surface area contributed by atoms with E-state index in [4.69, 9.17) is 10.6 Å². The van der Waals surface area contributed by atoms with Crippen LogP contribution in [0.3, 0.4) is 0 Å². The maximum absolute atomic E-state index is 11.5. The van der Waals surface area contributed by atoms with Crippen LogP contribution in [0.5, 0.6) is 0 Å². The molecule has 5 nitrogen and oxygen atoms in total. The molecule has 0 aliphatic rings. The van der Waals surface area contributed by atoms with Crippen molar-refractivity contribution in [2.75, 3.05) is 31.8 Å². The molecule has 0 fully saturated rings. The molecule has 0 aromatic heterocycles. The van der Waals surface area contributed by atoms with E-state index in [2.05, 4.69) is 5.32 Å². The van der Waals surface area contributed by atoms with E-state index >= 15 is 0 Å².